The SMILES string of the molecule is Cc1ccccc1OCC(=O)NC(=S)NNC(=O)COc1ccc(Cl)cc1Cl. The number of carbonyl (C=O) groups excluding carboxylic acids is 2. The molecule has 0 aliphatic carbocycles. The number of hydrazine groups is 1. The van der Waals surface area contributed by atoms with E-state index in [0.29, 0.717) is 16.5 Å². The first-order valence-electron chi connectivity index (χ1n) is 8.00. The Kier molecular flexibility index (Phi) is 8.31. The van der Waals surface area contributed by atoms with Gasteiger partial charge in [0.1, 0.15) is 11.5 Å². The largest absolute Gasteiger partial charge is 0.483 e. The first-order chi connectivity index (χ1) is 13.3. The summed E-state index contributed by atoms with van der Waals surface area (Å²) < 4.78 is 10.7. The maximum atomic E-state index is 11.8. The predicted molar refractivity (Wildman–Crippen MR) is 111 cm³/mol. The minimum atomic E-state index is -0.529. The molecule has 0 saturated carbocycles. The molecule has 0 spiro atoms. The van der Waals surface area contributed by atoms with Crippen LogP contribution in [-0.2, 0) is 9.59 Å². The zero-order chi connectivity index (χ0) is 20.5. The molecule has 10 heteroatoms. The number of aryl methyl sites for hydroxylation is 1. The molecule has 28 heavy (non-hydrogen) atoms. The molecule has 2 amide bonds. The number of nitrogens with one attached hydrogen (secondary N) is 3. The van der Waals surface area contributed by atoms with Crippen LogP contribution in [0.15, 0.2) is 42.5 Å². The van der Waals surface area contributed by atoms with Gasteiger partial charge in [0.15, 0.2) is 18.3 Å². The second-order valence-corrected chi connectivity index (χ2v) is 6.72. The van der Waals surface area contributed by atoms with Gasteiger partial charge >= 0.3 is 0 Å². The summed E-state index contributed by atoms with van der Waals surface area (Å²) in [5, 5.41) is 3.03. The Balaban J connectivity index is 1.67. The van der Waals surface area contributed by atoms with Crippen LogP contribution in [0, 0.1) is 6.92 Å². The molecular formula is C18H17Cl2N3O4S. The molecule has 3 N–H and O–H groups in total. The standard InChI is InChI=1S/C18H17Cl2N3O4S/c1-11-4-2-3-5-14(11)26-9-16(24)21-18(28)23-22-17(25)10-27-15-7-6-12(19)8-13(15)20/h2-8H,9-10H2,1H3,(H,22,25)(H2,21,23,24,28). The molecule has 2 aromatic carbocycles. The van der Waals surface area contributed by atoms with Gasteiger partial charge in [0.25, 0.3) is 11.8 Å². The molecule has 0 aliphatic heterocycles. The summed E-state index contributed by atoms with van der Waals surface area (Å²) in [6.07, 6.45) is 0. The average Bonchev–Trinajstić information content (AvgIpc) is 2.65. The highest BCUT2D eigenvalue weighted by atomic mass is 35.5. The van der Waals surface area contributed by atoms with Crippen LogP contribution in [0.5, 0.6) is 11.5 Å². The van der Waals surface area contributed by atoms with Crippen molar-refractivity contribution in [3.05, 3.63) is 58.1 Å². The van der Waals surface area contributed by atoms with Gasteiger partial charge in [-0.15, -0.1) is 0 Å². The molecule has 148 valence electrons. The summed E-state index contributed by atoms with van der Waals surface area (Å²) in [4.78, 5) is 23.6. The lowest BCUT2D eigenvalue weighted by atomic mass is 10.2. The molecule has 0 heterocycles. The van der Waals surface area contributed by atoms with Crippen molar-refractivity contribution in [1.82, 2.24) is 16.2 Å². The molecule has 0 radical (unpaired) electrons. The van der Waals surface area contributed by atoms with E-state index in [1.165, 1.54) is 6.07 Å². The molecule has 7 nitrogen and oxygen atoms in total. The Morgan fingerprint density at radius 2 is 1.64 bits per heavy atom. The van der Waals surface area contributed by atoms with Gasteiger partial charge in [0.2, 0.25) is 0 Å². The second-order valence-electron chi connectivity index (χ2n) is 5.47. The highest BCUT2D eigenvalue weighted by Crippen LogP contribution is 2.27. The number of amides is 2. The third kappa shape index (κ3) is 7.22. The highest BCUT2D eigenvalue weighted by Gasteiger charge is 2.09. The molecule has 0 bridgehead atoms. The number of hydrogen-bond acceptors (Lipinski definition) is 5. The summed E-state index contributed by atoms with van der Waals surface area (Å²) in [5.74, 6) is -0.0914. The van der Waals surface area contributed by atoms with Crippen LogP contribution >= 0.6 is 35.4 Å². The Morgan fingerprint density at radius 3 is 2.36 bits per heavy atom. The van der Waals surface area contributed by atoms with Crippen molar-refractivity contribution in [2.75, 3.05) is 13.2 Å². The Hall–Kier alpha value is -2.55. The average molecular weight is 442 g/mol. The normalized spacial score (nSPS) is 9.96. The van der Waals surface area contributed by atoms with Gasteiger partial charge in [-0.05, 0) is 49.0 Å². The number of rotatable bonds is 6. The van der Waals surface area contributed by atoms with E-state index in [1.54, 1.807) is 24.3 Å². The Bertz CT molecular complexity index is 880. The molecule has 2 rings (SSSR count). The van der Waals surface area contributed by atoms with E-state index in [-0.39, 0.29) is 23.3 Å². The fourth-order valence-electron chi connectivity index (χ4n) is 1.95. The van der Waals surface area contributed by atoms with Crippen LogP contribution in [-0.4, -0.2) is 30.1 Å². The molecule has 0 aliphatic rings. The van der Waals surface area contributed by atoms with Crippen molar-refractivity contribution in [2.45, 2.75) is 6.92 Å². The predicted octanol–water partition coefficient (Wildman–Crippen LogP) is 2.78. The zero-order valence-electron chi connectivity index (χ0n) is 14.8. The van der Waals surface area contributed by atoms with Crippen molar-refractivity contribution in [1.29, 1.82) is 0 Å². The summed E-state index contributed by atoms with van der Waals surface area (Å²) in [6.45, 7) is 1.33. The second kappa shape index (κ2) is 10.7. The third-order valence-electron chi connectivity index (χ3n) is 3.27. The number of para-hydroxylation sites is 1. The van der Waals surface area contributed by atoms with Gasteiger partial charge < -0.3 is 9.47 Å². The number of benzene rings is 2. The summed E-state index contributed by atoms with van der Waals surface area (Å²) in [5.41, 5.74) is 5.59. The molecule has 0 aromatic heterocycles. The first-order valence-corrected chi connectivity index (χ1v) is 9.16. The van der Waals surface area contributed by atoms with E-state index in [2.05, 4.69) is 16.2 Å². The number of carbonyl (C=O) groups is 2. The number of hydrogen-bond donors (Lipinski definition) is 3. The third-order valence-corrected chi connectivity index (χ3v) is 4.01. The van der Waals surface area contributed by atoms with Crippen LogP contribution in [0.25, 0.3) is 0 Å². The maximum absolute atomic E-state index is 11.8. The van der Waals surface area contributed by atoms with E-state index in [0.717, 1.165) is 5.56 Å². The monoisotopic (exact) mass is 441 g/mol. The summed E-state index contributed by atoms with van der Waals surface area (Å²) >= 11 is 16.7. The smallest absolute Gasteiger partial charge is 0.276 e. The van der Waals surface area contributed by atoms with Crippen molar-refractivity contribution in [3.8, 4) is 11.5 Å². The number of thiocarbonyl (C=S) groups is 1. The molecule has 0 fully saturated rings. The van der Waals surface area contributed by atoms with Crippen LogP contribution in [0.3, 0.4) is 0 Å². The first kappa shape index (κ1) is 21.7. The number of ether oxygens (including phenoxy) is 2. The fourth-order valence-corrected chi connectivity index (χ4v) is 2.58. The van der Waals surface area contributed by atoms with Crippen molar-refractivity contribution in [3.63, 3.8) is 0 Å². The van der Waals surface area contributed by atoms with Gasteiger partial charge in [0, 0.05) is 5.02 Å². The molecular weight excluding hydrogens is 425 g/mol. The summed E-state index contributed by atoms with van der Waals surface area (Å²) in [7, 11) is 0. The van der Waals surface area contributed by atoms with Crippen LogP contribution in [0.1, 0.15) is 5.56 Å². The number of halogens is 2. The zero-order valence-corrected chi connectivity index (χ0v) is 17.1. The fraction of sp³-hybridized carbons (Fsp3) is 0.167. The van der Waals surface area contributed by atoms with Gasteiger partial charge in [0.05, 0.1) is 5.02 Å². The van der Waals surface area contributed by atoms with E-state index in [9.17, 15) is 9.59 Å². The maximum Gasteiger partial charge on any atom is 0.276 e. The van der Waals surface area contributed by atoms with Crippen LogP contribution < -0.4 is 25.6 Å². The Labute approximate surface area is 177 Å². The lowest BCUT2D eigenvalue weighted by Gasteiger charge is -2.12. The Morgan fingerprint density at radius 1 is 0.964 bits per heavy atom. The van der Waals surface area contributed by atoms with Crippen molar-refractivity contribution < 1.29 is 19.1 Å². The summed E-state index contributed by atoms with van der Waals surface area (Å²) in [6, 6.07) is 11.9. The van der Waals surface area contributed by atoms with Crippen molar-refractivity contribution in [2.24, 2.45) is 0 Å². The minimum absolute atomic E-state index is 0.0868. The van der Waals surface area contributed by atoms with E-state index in [4.69, 9.17) is 44.9 Å². The van der Waals surface area contributed by atoms with Gasteiger partial charge in [-0.3, -0.25) is 25.8 Å². The van der Waals surface area contributed by atoms with Crippen LogP contribution in [0.2, 0.25) is 10.0 Å². The molecule has 0 atom stereocenters. The van der Waals surface area contributed by atoms with Crippen molar-refractivity contribution >= 4 is 52.3 Å². The van der Waals surface area contributed by atoms with E-state index < -0.39 is 11.8 Å². The van der Waals surface area contributed by atoms with Gasteiger partial charge in [-0.25, -0.2) is 0 Å². The minimum Gasteiger partial charge on any atom is -0.483 e. The van der Waals surface area contributed by atoms with Gasteiger partial charge in [-0.2, -0.15) is 0 Å². The molecule has 0 saturated heterocycles. The quantitative estimate of drug-likeness (QED) is 0.471. The van der Waals surface area contributed by atoms with Gasteiger partial charge in [-0.1, -0.05) is 41.4 Å². The van der Waals surface area contributed by atoms with E-state index >= 15 is 0 Å². The van der Waals surface area contributed by atoms with E-state index in [1.807, 2.05) is 19.1 Å². The molecule has 0 unspecified atom stereocenters. The lowest BCUT2D eigenvalue weighted by Crippen LogP contribution is -2.50. The topological polar surface area (TPSA) is 88.7 Å². The highest BCUT2D eigenvalue weighted by molar-refractivity contribution is 7.80. The lowest BCUT2D eigenvalue weighted by molar-refractivity contribution is -0.124. The van der Waals surface area contributed by atoms with Crippen LogP contribution in [0.4, 0.5) is 0 Å². The molecule has 2 aromatic rings.